The van der Waals surface area contributed by atoms with Gasteiger partial charge < -0.3 is 4.74 Å². The van der Waals surface area contributed by atoms with Gasteiger partial charge in [0.15, 0.2) is 0 Å². The Balaban J connectivity index is 2.84. The molecule has 5 nitrogen and oxygen atoms in total. The number of nitrogens with one attached hydrogen (secondary N) is 1. The number of rotatable bonds is 1. The third-order valence-corrected chi connectivity index (χ3v) is 2.78. The number of carbonyl (C=O) groups is 1. The fraction of sp³-hybridized carbons (Fsp3) is 0.100. The summed E-state index contributed by atoms with van der Waals surface area (Å²) in [6.07, 6.45) is 0. The van der Waals surface area contributed by atoms with Crippen LogP contribution in [0.15, 0.2) is 27.5 Å². The zero-order valence-corrected chi connectivity index (χ0v) is 9.87. The zero-order chi connectivity index (χ0) is 11.7. The Kier molecular flexibility index (Phi) is 2.74. The van der Waals surface area contributed by atoms with E-state index in [4.69, 9.17) is 0 Å². The monoisotopic (exact) mass is 282 g/mol. The lowest BCUT2D eigenvalue weighted by Crippen LogP contribution is -2.20. The number of carbonyl (C=O) groups excluding carboxylic acids is 1. The topological polar surface area (TPSA) is 72.0 Å². The minimum atomic E-state index is -0.751. The van der Waals surface area contributed by atoms with Crippen LogP contribution in [0, 0.1) is 0 Å². The maximum atomic E-state index is 11.9. The summed E-state index contributed by atoms with van der Waals surface area (Å²) in [7, 11) is 1.20. The highest BCUT2D eigenvalue weighted by atomic mass is 79.9. The first-order valence-electron chi connectivity index (χ1n) is 4.40. The lowest BCUT2D eigenvalue weighted by Gasteiger charge is -2.01. The van der Waals surface area contributed by atoms with Crippen molar-refractivity contribution in [3.63, 3.8) is 0 Å². The number of hydrogen-bond donors (Lipinski definition) is 1. The smallest absolute Gasteiger partial charge is 0.362 e. The van der Waals surface area contributed by atoms with E-state index in [1.165, 1.54) is 7.11 Å². The van der Waals surface area contributed by atoms with Gasteiger partial charge in [0.2, 0.25) is 11.1 Å². The molecular formula is C10H7BrN2O3. The Labute approximate surface area is 98.6 Å². The number of benzene rings is 1. The Hall–Kier alpha value is -1.69. The van der Waals surface area contributed by atoms with Crippen molar-refractivity contribution in [1.29, 1.82) is 0 Å². The Morgan fingerprint density at radius 2 is 2.25 bits per heavy atom. The molecular weight excluding hydrogens is 276 g/mol. The molecule has 1 aromatic carbocycles. The van der Waals surface area contributed by atoms with Crippen molar-refractivity contribution >= 4 is 32.8 Å². The highest BCUT2D eigenvalue weighted by molar-refractivity contribution is 9.10. The van der Waals surface area contributed by atoms with E-state index >= 15 is 0 Å². The highest BCUT2D eigenvalue weighted by Gasteiger charge is 2.16. The summed E-state index contributed by atoms with van der Waals surface area (Å²) in [5.41, 5.74) is -0.137. The van der Waals surface area contributed by atoms with Gasteiger partial charge in [-0.2, -0.15) is 5.10 Å². The van der Waals surface area contributed by atoms with Crippen molar-refractivity contribution in [3.05, 3.63) is 38.6 Å². The van der Waals surface area contributed by atoms with Crippen LogP contribution >= 0.6 is 15.9 Å². The summed E-state index contributed by atoms with van der Waals surface area (Å²) in [6, 6.07) is 5.19. The third kappa shape index (κ3) is 1.61. The second kappa shape index (κ2) is 4.05. The summed E-state index contributed by atoms with van der Waals surface area (Å²) in [5.74, 6) is -0.751. The molecule has 0 amide bonds. The molecule has 82 valence electrons. The largest absolute Gasteiger partial charge is 0.464 e. The maximum Gasteiger partial charge on any atom is 0.362 e. The van der Waals surface area contributed by atoms with Gasteiger partial charge in [0.1, 0.15) is 0 Å². The molecule has 1 heterocycles. The Morgan fingerprint density at radius 3 is 2.94 bits per heavy atom. The van der Waals surface area contributed by atoms with Crippen LogP contribution in [0.5, 0.6) is 0 Å². The van der Waals surface area contributed by atoms with E-state index in [2.05, 4.69) is 30.9 Å². The molecule has 2 aromatic rings. The van der Waals surface area contributed by atoms with E-state index in [1.807, 2.05) is 0 Å². The molecule has 6 heteroatoms. The predicted molar refractivity (Wildman–Crippen MR) is 61.4 cm³/mol. The quantitative estimate of drug-likeness (QED) is 0.804. The molecule has 0 saturated carbocycles. The molecule has 0 fully saturated rings. The van der Waals surface area contributed by atoms with E-state index in [9.17, 15) is 9.59 Å². The molecule has 0 bridgehead atoms. The van der Waals surface area contributed by atoms with Gasteiger partial charge in [-0.05, 0) is 28.1 Å². The first-order valence-corrected chi connectivity index (χ1v) is 5.19. The normalized spacial score (nSPS) is 10.4. The van der Waals surface area contributed by atoms with Gasteiger partial charge in [-0.25, -0.2) is 4.79 Å². The van der Waals surface area contributed by atoms with E-state index in [0.717, 1.165) is 0 Å². The standard InChI is InChI=1S/C10H7BrN2O3/c1-16-10(15)8-9(14)7-5(11)3-2-4-6(7)12-13-8/h2-4H,1H3,(H,12,14). The van der Waals surface area contributed by atoms with Crippen LogP contribution < -0.4 is 5.43 Å². The molecule has 0 aliphatic rings. The number of H-pyrrole nitrogens is 1. The number of methoxy groups -OCH3 is 1. The van der Waals surface area contributed by atoms with Crippen LogP contribution in [0.3, 0.4) is 0 Å². The van der Waals surface area contributed by atoms with Gasteiger partial charge in [-0.3, -0.25) is 9.89 Å². The maximum absolute atomic E-state index is 11.9. The van der Waals surface area contributed by atoms with Crippen molar-refractivity contribution < 1.29 is 9.53 Å². The number of hydrogen-bond acceptors (Lipinski definition) is 4. The average Bonchev–Trinajstić information content (AvgIpc) is 2.28. The van der Waals surface area contributed by atoms with Crippen LogP contribution in [0.4, 0.5) is 0 Å². The second-order valence-corrected chi connectivity index (χ2v) is 3.91. The number of esters is 1. The van der Waals surface area contributed by atoms with Crippen LogP contribution in [0.1, 0.15) is 10.5 Å². The van der Waals surface area contributed by atoms with Gasteiger partial charge >= 0.3 is 5.97 Å². The van der Waals surface area contributed by atoms with Crippen molar-refractivity contribution in [2.75, 3.05) is 7.11 Å². The van der Waals surface area contributed by atoms with Gasteiger partial charge in [-0.15, -0.1) is 0 Å². The van der Waals surface area contributed by atoms with Crippen LogP contribution in [-0.2, 0) is 4.74 Å². The lowest BCUT2D eigenvalue weighted by molar-refractivity contribution is 0.0591. The van der Waals surface area contributed by atoms with E-state index in [-0.39, 0.29) is 5.69 Å². The number of aromatic amines is 1. The van der Waals surface area contributed by atoms with Gasteiger partial charge in [0.05, 0.1) is 18.0 Å². The highest BCUT2D eigenvalue weighted by Crippen LogP contribution is 2.18. The second-order valence-electron chi connectivity index (χ2n) is 3.06. The summed E-state index contributed by atoms with van der Waals surface area (Å²) in [4.78, 5) is 23.2. The SMILES string of the molecule is COC(=O)c1n[nH]c2cccc(Br)c2c1=O. The Morgan fingerprint density at radius 1 is 1.50 bits per heavy atom. The molecule has 16 heavy (non-hydrogen) atoms. The number of fused-ring (bicyclic) bond motifs is 1. The van der Waals surface area contributed by atoms with Crippen molar-refractivity contribution in [2.45, 2.75) is 0 Å². The van der Waals surface area contributed by atoms with Gasteiger partial charge in [0.25, 0.3) is 0 Å². The molecule has 1 N–H and O–H groups in total. The molecule has 0 aliphatic carbocycles. The molecule has 0 atom stereocenters. The Bertz CT molecular complexity index is 621. The van der Waals surface area contributed by atoms with E-state index in [1.54, 1.807) is 18.2 Å². The molecule has 1 aromatic heterocycles. The molecule has 2 rings (SSSR count). The number of halogens is 1. The third-order valence-electron chi connectivity index (χ3n) is 2.12. The summed E-state index contributed by atoms with van der Waals surface area (Å²) in [5, 5.41) is 6.71. The molecule has 0 saturated heterocycles. The zero-order valence-electron chi connectivity index (χ0n) is 8.28. The molecule has 0 aliphatic heterocycles. The first-order chi connectivity index (χ1) is 7.65. The predicted octanol–water partition coefficient (Wildman–Crippen LogP) is 1.47. The average molecular weight is 283 g/mol. The van der Waals surface area contributed by atoms with Crippen LogP contribution in [0.25, 0.3) is 10.9 Å². The van der Waals surface area contributed by atoms with E-state index < -0.39 is 11.4 Å². The van der Waals surface area contributed by atoms with Crippen molar-refractivity contribution in [3.8, 4) is 0 Å². The molecule has 0 spiro atoms. The lowest BCUT2D eigenvalue weighted by atomic mass is 10.2. The van der Waals surface area contributed by atoms with Crippen LogP contribution in [0.2, 0.25) is 0 Å². The summed E-state index contributed by atoms with van der Waals surface area (Å²) >= 11 is 3.25. The van der Waals surface area contributed by atoms with Crippen molar-refractivity contribution in [1.82, 2.24) is 10.2 Å². The molecule has 0 radical (unpaired) electrons. The van der Waals surface area contributed by atoms with Gasteiger partial charge in [0, 0.05) is 4.47 Å². The van der Waals surface area contributed by atoms with Gasteiger partial charge in [-0.1, -0.05) is 6.07 Å². The minimum absolute atomic E-state index is 0.248. The number of aromatic nitrogens is 2. The van der Waals surface area contributed by atoms with Crippen LogP contribution in [-0.4, -0.2) is 23.3 Å². The minimum Gasteiger partial charge on any atom is -0.464 e. The number of nitrogens with zero attached hydrogens (tertiary/aromatic N) is 1. The van der Waals surface area contributed by atoms with Crippen molar-refractivity contribution in [2.24, 2.45) is 0 Å². The summed E-state index contributed by atoms with van der Waals surface area (Å²) < 4.78 is 5.08. The fourth-order valence-corrected chi connectivity index (χ4v) is 1.91. The molecule has 0 unspecified atom stereocenters. The number of ether oxygens (including phenoxy) is 1. The fourth-order valence-electron chi connectivity index (χ4n) is 1.37. The van der Waals surface area contributed by atoms with E-state index in [0.29, 0.717) is 15.4 Å². The summed E-state index contributed by atoms with van der Waals surface area (Å²) in [6.45, 7) is 0. The first kappa shape index (κ1) is 10.8.